The molecule has 0 aliphatic heterocycles. The van der Waals surface area contributed by atoms with Crippen LogP contribution in [0, 0.1) is 0 Å². The standard InChI is InChI=1S/C9H13BrN2O.ClH/c1-9(2,11)6-13-8-7(10)4-3-5-12-8;/h3-5H,6,11H2,1-2H3;1H. The van der Waals surface area contributed by atoms with Crippen LogP contribution in [0.5, 0.6) is 5.88 Å². The maximum Gasteiger partial charge on any atom is 0.227 e. The van der Waals surface area contributed by atoms with Gasteiger partial charge in [0.05, 0.1) is 4.47 Å². The quantitative estimate of drug-likeness (QED) is 0.925. The highest BCUT2D eigenvalue weighted by molar-refractivity contribution is 9.10. The van der Waals surface area contributed by atoms with Gasteiger partial charge in [-0.3, -0.25) is 0 Å². The van der Waals surface area contributed by atoms with E-state index in [2.05, 4.69) is 20.9 Å². The Morgan fingerprint density at radius 1 is 1.57 bits per heavy atom. The van der Waals surface area contributed by atoms with Crippen LogP contribution in [0.4, 0.5) is 0 Å². The van der Waals surface area contributed by atoms with Crippen molar-refractivity contribution in [3.8, 4) is 5.88 Å². The van der Waals surface area contributed by atoms with Crippen LogP contribution < -0.4 is 10.5 Å². The fourth-order valence-electron chi connectivity index (χ4n) is 0.732. The highest BCUT2D eigenvalue weighted by Crippen LogP contribution is 2.21. The molecular formula is C9H14BrClN2O. The number of rotatable bonds is 3. The molecule has 0 saturated heterocycles. The third-order valence-corrected chi connectivity index (χ3v) is 1.91. The molecule has 0 unspecified atom stereocenters. The van der Waals surface area contributed by atoms with Gasteiger partial charge in [-0.15, -0.1) is 12.4 Å². The molecule has 0 amide bonds. The summed E-state index contributed by atoms with van der Waals surface area (Å²) in [5, 5.41) is 0. The smallest absolute Gasteiger partial charge is 0.227 e. The SMILES string of the molecule is CC(C)(N)COc1ncccc1Br.Cl. The first-order valence-electron chi connectivity index (χ1n) is 4.01. The zero-order valence-electron chi connectivity index (χ0n) is 8.16. The molecule has 0 saturated carbocycles. The van der Waals surface area contributed by atoms with E-state index in [4.69, 9.17) is 10.5 Å². The molecule has 0 radical (unpaired) electrons. The summed E-state index contributed by atoms with van der Waals surface area (Å²) < 4.78 is 6.26. The van der Waals surface area contributed by atoms with Crippen LogP contribution >= 0.6 is 28.3 Å². The minimum absolute atomic E-state index is 0. The second-order valence-electron chi connectivity index (χ2n) is 3.57. The molecule has 0 bridgehead atoms. The number of pyridine rings is 1. The summed E-state index contributed by atoms with van der Waals surface area (Å²) in [4.78, 5) is 4.06. The molecule has 1 heterocycles. The molecule has 80 valence electrons. The molecule has 1 aromatic heterocycles. The second-order valence-corrected chi connectivity index (χ2v) is 4.42. The third kappa shape index (κ3) is 4.79. The van der Waals surface area contributed by atoms with E-state index in [1.165, 1.54) is 0 Å². The maximum absolute atomic E-state index is 5.77. The summed E-state index contributed by atoms with van der Waals surface area (Å²) in [5.41, 5.74) is 5.43. The molecule has 1 rings (SSSR count). The van der Waals surface area contributed by atoms with Gasteiger partial charge in [-0.1, -0.05) is 0 Å². The van der Waals surface area contributed by atoms with Crippen LogP contribution in [0.25, 0.3) is 0 Å². The van der Waals surface area contributed by atoms with Crippen molar-refractivity contribution in [1.82, 2.24) is 4.98 Å². The Morgan fingerprint density at radius 3 is 2.71 bits per heavy atom. The highest BCUT2D eigenvalue weighted by Gasteiger charge is 2.12. The summed E-state index contributed by atoms with van der Waals surface area (Å²) in [7, 11) is 0. The van der Waals surface area contributed by atoms with Crippen molar-refractivity contribution in [3.63, 3.8) is 0 Å². The average Bonchev–Trinajstić information content (AvgIpc) is 2.01. The Bertz CT molecular complexity index is 288. The van der Waals surface area contributed by atoms with Crippen molar-refractivity contribution >= 4 is 28.3 Å². The first-order valence-corrected chi connectivity index (χ1v) is 4.80. The van der Waals surface area contributed by atoms with E-state index in [-0.39, 0.29) is 17.9 Å². The van der Waals surface area contributed by atoms with Gasteiger partial charge in [0.25, 0.3) is 0 Å². The summed E-state index contributed by atoms with van der Waals surface area (Å²) >= 11 is 3.34. The van der Waals surface area contributed by atoms with E-state index in [0.717, 1.165) is 4.47 Å². The Kier molecular flexibility index (Phi) is 5.41. The number of nitrogens with zero attached hydrogens (tertiary/aromatic N) is 1. The first-order chi connectivity index (χ1) is 5.99. The molecule has 1 aromatic rings. The Balaban J connectivity index is 0.00000169. The summed E-state index contributed by atoms with van der Waals surface area (Å²) in [6.45, 7) is 4.26. The maximum atomic E-state index is 5.77. The fraction of sp³-hybridized carbons (Fsp3) is 0.444. The normalized spacial score (nSPS) is 10.6. The molecule has 0 aromatic carbocycles. The van der Waals surface area contributed by atoms with Crippen molar-refractivity contribution in [2.45, 2.75) is 19.4 Å². The van der Waals surface area contributed by atoms with Crippen LogP contribution in [-0.2, 0) is 0 Å². The van der Waals surface area contributed by atoms with Crippen molar-refractivity contribution in [2.24, 2.45) is 5.73 Å². The lowest BCUT2D eigenvalue weighted by atomic mass is 10.1. The van der Waals surface area contributed by atoms with Gasteiger partial charge in [0.1, 0.15) is 6.61 Å². The summed E-state index contributed by atoms with van der Waals surface area (Å²) in [6, 6.07) is 3.72. The summed E-state index contributed by atoms with van der Waals surface area (Å²) in [6.07, 6.45) is 1.68. The second kappa shape index (κ2) is 5.53. The van der Waals surface area contributed by atoms with Crippen LogP contribution in [-0.4, -0.2) is 17.1 Å². The minimum Gasteiger partial charge on any atom is -0.475 e. The highest BCUT2D eigenvalue weighted by atomic mass is 79.9. The van der Waals surface area contributed by atoms with Crippen molar-refractivity contribution in [3.05, 3.63) is 22.8 Å². The average molecular weight is 282 g/mol. The van der Waals surface area contributed by atoms with E-state index in [1.54, 1.807) is 6.20 Å². The molecule has 3 nitrogen and oxygen atoms in total. The van der Waals surface area contributed by atoms with Gasteiger partial charge in [-0.2, -0.15) is 0 Å². The molecule has 0 aliphatic rings. The molecule has 14 heavy (non-hydrogen) atoms. The topological polar surface area (TPSA) is 48.1 Å². The van der Waals surface area contributed by atoms with Gasteiger partial charge < -0.3 is 10.5 Å². The minimum atomic E-state index is -0.336. The van der Waals surface area contributed by atoms with E-state index in [1.807, 2.05) is 26.0 Å². The number of hydrogen-bond donors (Lipinski definition) is 1. The van der Waals surface area contributed by atoms with E-state index < -0.39 is 0 Å². The number of aromatic nitrogens is 1. The lowest BCUT2D eigenvalue weighted by molar-refractivity contribution is 0.234. The molecular weight excluding hydrogens is 267 g/mol. The molecule has 0 atom stereocenters. The van der Waals surface area contributed by atoms with Gasteiger partial charge in [0.15, 0.2) is 0 Å². The lowest BCUT2D eigenvalue weighted by Crippen LogP contribution is -2.38. The third-order valence-electron chi connectivity index (χ3n) is 1.31. The van der Waals surface area contributed by atoms with Gasteiger partial charge in [0, 0.05) is 11.7 Å². The fourth-order valence-corrected chi connectivity index (χ4v) is 1.10. The zero-order chi connectivity index (χ0) is 9.90. The first kappa shape index (κ1) is 13.7. The number of hydrogen-bond acceptors (Lipinski definition) is 3. The largest absolute Gasteiger partial charge is 0.475 e. The van der Waals surface area contributed by atoms with Crippen molar-refractivity contribution in [2.75, 3.05) is 6.61 Å². The predicted molar refractivity (Wildman–Crippen MR) is 62.9 cm³/mol. The van der Waals surface area contributed by atoms with Crippen molar-refractivity contribution < 1.29 is 4.74 Å². The van der Waals surface area contributed by atoms with Crippen LogP contribution in [0.1, 0.15) is 13.8 Å². The van der Waals surface area contributed by atoms with Crippen molar-refractivity contribution in [1.29, 1.82) is 0 Å². The Hall–Kier alpha value is -0.320. The monoisotopic (exact) mass is 280 g/mol. The van der Waals surface area contributed by atoms with E-state index in [0.29, 0.717) is 12.5 Å². The Labute approximate surface area is 98.6 Å². The molecule has 0 aliphatic carbocycles. The van der Waals surface area contributed by atoms with Gasteiger partial charge in [-0.25, -0.2) is 4.98 Å². The molecule has 2 N–H and O–H groups in total. The van der Waals surface area contributed by atoms with Crippen LogP contribution in [0.15, 0.2) is 22.8 Å². The number of ether oxygens (including phenoxy) is 1. The number of halogens is 2. The lowest BCUT2D eigenvalue weighted by Gasteiger charge is -2.18. The predicted octanol–water partition coefficient (Wildman–Crippen LogP) is 2.38. The van der Waals surface area contributed by atoms with Gasteiger partial charge in [-0.05, 0) is 41.9 Å². The van der Waals surface area contributed by atoms with Gasteiger partial charge >= 0.3 is 0 Å². The zero-order valence-corrected chi connectivity index (χ0v) is 10.6. The summed E-state index contributed by atoms with van der Waals surface area (Å²) in [5.74, 6) is 0.584. The Morgan fingerprint density at radius 2 is 2.21 bits per heavy atom. The molecule has 0 spiro atoms. The van der Waals surface area contributed by atoms with Crippen LogP contribution in [0.2, 0.25) is 0 Å². The number of nitrogens with two attached hydrogens (primary N) is 1. The molecule has 5 heteroatoms. The van der Waals surface area contributed by atoms with Crippen LogP contribution in [0.3, 0.4) is 0 Å². The van der Waals surface area contributed by atoms with E-state index in [9.17, 15) is 0 Å². The van der Waals surface area contributed by atoms with Gasteiger partial charge in [0.2, 0.25) is 5.88 Å². The van der Waals surface area contributed by atoms with E-state index >= 15 is 0 Å². The molecule has 0 fully saturated rings.